The molecule has 1 unspecified atom stereocenters. The van der Waals surface area contributed by atoms with Crippen molar-refractivity contribution in [2.24, 2.45) is 0 Å². The van der Waals surface area contributed by atoms with Crippen LogP contribution in [0.15, 0.2) is 72.8 Å². The first-order valence-corrected chi connectivity index (χ1v) is 11.1. The summed E-state index contributed by atoms with van der Waals surface area (Å²) < 4.78 is 0. The zero-order valence-corrected chi connectivity index (χ0v) is 18.3. The summed E-state index contributed by atoms with van der Waals surface area (Å²) in [5, 5.41) is 9.39. The third-order valence-corrected chi connectivity index (χ3v) is 5.91. The Bertz CT molecular complexity index is 1030. The Morgan fingerprint density at radius 1 is 0.806 bits per heavy atom. The van der Waals surface area contributed by atoms with Crippen LogP contribution in [0.25, 0.3) is 11.1 Å². The summed E-state index contributed by atoms with van der Waals surface area (Å²) in [5.74, 6) is -0.849. The van der Waals surface area contributed by atoms with Gasteiger partial charge in [0.2, 0.25) is 0 Å². The minimum absolute atomic E-state index is 0.0276. The van der Waals surface area contributed by atoms with E-state index in [-0.39, 0.29) is 16.9 Å². The number of rotatable bonds is 10. The van der Waals surface area contributed by atoms with Crippen LogP contribution >= 0.6 is 0 Å². The predicted molar refractivity (Wildman–Crippen MR) is 126 cm³/mol. The number of hydrogen-bond donors (Lipinski definition) is 1. The number of hydrogen-bond acceptors (Lipinski definition) is 2. The van der Waals surface area contributed by atoms with Gasteiger partial charge in [-0.25, -0.2) is 4.79 Å². The topological polar surface area (TPSA) is 54.4 Å². The van der Waals surface area contributed by atoms with Crippen molar-refractivity contribution in [1.82, 2.24) is 0 Å². The van der Waals surface area contributed by atoms with Crippen LogP contribution in [0.4, 0.5) is 0 Å². The number of aromatic carboxylic acids is 1. The molecule has 0 aliphatic heterocycles. The van der Waals surface area contributed by atoms with Crippen LogP contribution < -0.4 is 0 Å². The van der Waals surface area contributed by atoms with Gasteiger partial charge in [0, 0.05) is 11.1 Å². The number of benzene rings is 3. The molecule has 3 rings (SSSR count). The van der Waals surface area contributed by atoms with E-state index in [0.717, 1.165) is 12.0 Å². The fourth-order valence-electron chi connectivity index (χ4n) is 4.16. The summed E-state index contributed by atoms with van der Waals surface area (Å²) in [7, 11) is 0. The summed E-state index contributed by atoms with van der Waals surface area (Å²) in [4.78, 5) is 24.4. The van der Waals surface area contributed by atoms with E-state index >= 15 is 0 Å². The molecular weight excluding hydrogens is 384 g/mol. The largest absolute Gasteiger partial charge is 0.478 e. The molecule has 0 aliphatic rings. The molecule has 0 radical (unpaired) electrons. The van der Waals surface area contributed by atoms with Gasteiger partial charge in [-0.15, -0.1) is 0 Å². The first-order chi connectivity index (χ1) is 15.1. The molecule has 3 aromatic carbocycles. The molecule has 0 amide bonds. The molecule has 0 heterocycles. The molecule has 0 saturated carbocycles. The maximum absolute atomic E-state index is 12.9. The van der Waals surface area contributed by atoms with Crippen molar-refractivity contribution < 1.29 is 14.7 Å². The van der Waals surface area contributed by atoms with E-state index < -0.39 is 5.97 Å². The SMILES string of the molecule is CCCCCC(CC)c1ccccc1-c1ccc(C(=O)c2ccccc2C(=O)O)cc1. The second-order valence-electron chi connectivity index (χ2n) is 7.95. The van der Waals surface area contributed by atoms with Gasteiger partial charge in [0.15, 0.2) is 5.78 Å². The highest BCUT2D eigenvalue weighted by Crippen LogP contribution is 2.34. The molecule has 0 saturated heterocycles. The second kappa shape index (κ2) is 10.7. The summed E-state index contributed by atoms with van der Waals surface area (Å²) in [5.41, 5.74) is 4.37. The van der Waals surface area contributed by atoms with Gasteiger partial charge < -0.3 is 5.11 Å². The second-order valence-corrected chi connectivity index (χ2v) is 7.95. The number of unbranched alkanes of at least 4 members (excludes halogenated alkanes) is 2. The van der Waals surface area contributed by atoms with Crippen LogP contribution in [0.1, 0.15) is 83.7 Å². The fourth-order valence-corrected chi connectivity index (χ4v) is 4.16. The minimum atomic E-state index is -1.09. The average Bonchev–Trinajstić information content (AvgIpc) is 2.81. The van der Waals surface area contributed by atoms with Crippen molar-refractivity contribution in [3.63, 3.8) is 0 Å². The quantitative estimate of drug-likeness (QED) is 0.278. The van der Waals surface area contributed by atoms with E-state index in [1.807, 2.05) is 12.1 Å². The summed E-state index contributed by atoms with van der Waals surface area (Å²) >= 11 is 0. The van der Waals surface area contributed by atoms with Gasteiger partial charge in [0.25, 0.3) is 0 Å². The molecule has 0 fully saturated rings. The number of carboxylic acids is 1. The zero-order chi connectivity index (χ0) is 22.2. The number of carbonyl (C=O) groups excluding carboxylic acids is 1. The summed E-state index contributed by atoms with van der Waals surface area (Å²) in [6.07, 6.45) is 6.00. The summed E-state index contributed by atoms with van der Waals surface area (Å²) in [6, 6.07) is 22.4. The van der Waals surface area contributed by atoms with Crippen LogP contribution in [0.3, 0.4) is 0 Å². The molecule has 0 aliphatic carbocycles. The van der Waals surface area contributed by atoms with Crippen LogP contribution in [0, 0.1) is 0 Å². The van der Waals surface area contributed by atoms with Crippen molar-refractivity contribution in [2.45, 2.75) is 51.9 Å². The van der Waals surface area contributed by atoms with Crippen molar-refractivity contribution in [3.05, 3.63) is 95.1 Å². The van der Waals surface area contributed by atoms with Gasteiger partial charge in [0.05, 0.1) is 5.56 Å². The molecule has 0 spiro atoms. The predicted octanol–water partition coefficient (Wildman–Crippen LogP) is 7.36. The zero-order valence-electron chi connectivity index (χ0n) is 18.3. The molecule has 3 heteroatoms. The number of carboxylic acid groups (broad SMARTS) is 1. The Kier molecular flexibility index (Phi) is 7.77. The van der Waals surface area contributed by atoms with Gasteiger partial charge in [-0.2, -0.15) is 0 Å². The first-order valence-electron chi connectivity index (χ1n) is 11.1. The molecule has 0 bridgehead atoms. The molecule has 3 aromatic rings. The van der Waals surface area contributed by atoms with E-state index in [4.69, 9.17) is 0 Å². The maximum atomic E-state index is 12.9. The average molecular weight is 415 g/mol. The lowest BCUT2D eigenvalue weighted by Crippen LogP contribution is -2.09. The molecule has 3 nitrogen and oxygen atoms in total. The van der Waals surface area contributed by atoms with Crippen molar-refractivity contribution in [2.75, 3.05) is 0 Å². The van der Waals surface area contributed by atoms with Crippen LogP contribution in [0.5, 0.6) is 0 Å². The van der Waals surface area contributed by atoms with Crippen molar-refractivity contribution in [3.8, 4) is 11.1 Å². The van der Waals surface area contributed by atoms with E-state index in [1.165, 1.54) is 42.9 Å². The Hall–Kier alpha value is -3.20. The van der Waals surface area contributed by atoms with Gasteiger partial charge in [-0.05, 0) is 41.5 Å². The molecule has 31 heavy (non-hydrogen) atoms. The Morgan fingerprint density at radius 2 is 1.45 bits per heavy atom. The Morgan fingerprint density at radius 3 is 2.10 bits per heavy atom. The summed E-state index contributed by atoms with van der Waals surface area (Å²) in [6.45, 7) is 4.47. The third-order valence-electron chi connectivity index (χ3n) is 5.91. The van der Waals surface area contributed by atoms with Crippen molar-refractivity contribution in [1.29, 1.82) is 0 Å². The third kappa shape index (κ3) is 5.29. The van der Waals surface area contributed by atoms with Gasteiger partial charge in [-0.3, -0.25) is 4.79 Å². The highest BCUT2D eigenvalue weighted by atomic mass is 16.4. The van der Waals surface area contributed by atoms with Gasteiger partial charge >= 0.3 is 5.97 Å². The van der Waals surface area contributed by atoms with Gasteiger partial charge in [-0.1, -0.05) is 99.8 Å². The molecule has 160 valence electrons. The van der Waals surface area contributed by atoms with E-state index in [1.54, 1.807) is 30.3 Å². The number of carbonyl (C=O) groups is 2. The fraction of sp³-hybridized carbons (Fsp3) is 0.286. The van der Waals surface area contributed by atoms with Gasteiger partial charge in [0.1, 0.15) is 0 Å². The normalized spacial score (nSPS) is 11.8. The standard InChI is InChI=1S/C28H30O3/c1-3-5-6-11-20(4-2)23-12-7-8-13-24(23)21-16-18-22(19-17-21)27(29)25-14-9-10-15-26(25)28(30)31/h7-10,12-20H,3-6,11H2,1-2H3,(H,30,31). The molecule has 0 aromatic heterocycles. The van der Waals surface area contributed by atoms with E-state index in [2.05, 4.69) is 38.1 Å². The minimum Gasteiger partial charge on any atom is -0.478 e. The Balaban J connectivity index is 1.89. The smallest absolute Gasteiger partial charge is 0.336 e. The highest BCUT2D eigenvalue weighted by Gasteiger charge is 2.18. The molecular formula is C28H30O3. The Labute approximate surface area is 184 Å². The van der Waals surface area contributed by atoms with Crippen LogP contribution in [-0.2, 0) is 0 Å². The number of ketones is 1. The first kappa shape index (κ1) is 22.5. The van der Waals surface area contributed by atoms with Crippen LogP contribution in [-0.4, -0.2) is 16.9 Å². The lowest BCUT2D eigenvalue weighted by molar-refractivity contribution is 0.0693. The van der Waals surface area contributed by atoms with E-state index in [9.17, 15) is 14.7 Å². The lowest BCUT2D eigenvalue weighted by atomic mass is 9.85. The highest BCUT2D eigenvalue weighted by molar-refractivity contribution is 6.14. The van der Waals surface area contributed by atoms with E-state index in [0.29, 0.717) is 11.5 Å². The van der Waals surface area contributed by atoms with Crippen molar-refractivity contribution >= 4 is 11.8 Å². The monoisotopic (exact) mass is 414 g/mol. The lowest BCUT2D eigenvalue weighted by Gasteiger charge is -2.19. The maximum Gasteiger partial charge on any atom is 0.336 e. The molecule has 1 atom stereocenters. The van der Waals surface area contributed by atoms with Crippen LogP contribution in [0.2, 0.25) is 0 Å². The molecule has 1 N–H and O–H groups in total.